The second-order valence-electron chi connectivity index (χ2n) is 5.63. The number of amides is 1. The summed E-state index contributed by atoms with van der Waals surface area (Å²) < 4.78 is 33.2. The molecule has 1 heterocycles. The summed E-state index contributed by atoms with van der Waals surface area (Å²) in [6.07, 6.45) is 0.679. The van der Waals surface area contributed by atoms with Gasteiger partial charge in [0.15, 0.2) is 0 Å². The van der Waals surface area contributed by atoms with Crippen molar-refractivity contribution in [1.82, 2.24) is 0 Å². The van der Waals surface area contributed by atoms with Crippen molar-refractivity contribution in [2.24, 2.45) is 0 Å². The number of ether oxygens (including phenoxy) is 1. The van der Waals surface area contributed by atoms with Crippen LogP contribution in [0.2, 0.25) is 0 Å². The number of nitrogens with one attached hydrogen (secondary N) is 1. The molecule has 0 saturated heterocycles. The van der Waals surface area contributed by atoms with Crippen molar-refractivity contribution in [2.45, 2.75) is 11.3 Å². The molecule has 0 fully saturated rings. The molecule has 8 heteroatoms. The van der Waals surface area contributed by atoms with Crippen LogP contribution in [0.1, 0.15) is 5.56 Å². The Balaban J connectivity index is 1.81. The normalized spacial score (nSPS) is 13.6. The molecule has 1 aliphatic rings. The number of methoxy groups -OCH3 is 1. The number of benzene rings is 2. The Hall–Kier alpha value is -1.90. The lowest BCUT2D eigenvalue weighted by Gasteiger charge is -2.17. The van der Waals surface area contributed by atoms with Crippen LogP contribution in [0.15, 0.2) is 51.8 Å². The molecule has 1 aliphatic heterocycles. The van der Waals surface area contributed by atoms with Crippen LogP contribution in [0, 0.1) is 0 Å². The van der Waals surface area contributed by atoms with Crippen LogP contribution in [0.5, 0.6) is 0 Å². The van der Waals surface area contributed by atoms with Gasteiger partial charge in [-0.3, -0.25) is 9.52 Å². The molecule has 132 valence electrons. The van der Waals surface area contributed by atoms with Gasteiger partial charge in [0.2, 0.25) is 0 Å². The third-order valence-electron chi connectivity index (χ3n) is 3.92. The van der Waals surface area contributed by atoms with E-state index in [0.29, 0.717) is 18.7 Å². The number of carbonyl (C=O) groups is 1. The van der Waals surface area contributed by atoms with E-state index in [9.17, 15) is 13.2 Å². The molecule has 1 N–H and O–H groups in total. The number of hydrogen-bond donors (Lipinski definition) is 1. The minimum Gasteiger partial charge on any atom is -0.375 e. The maximum Gasteiger partial charge on any atom is 0.261 e. The molecule has 2 aromatic rings. The SMILES string of the molecule is COCC(=O)N1CCc2cc(NS(=O)(=O)c3ccc(Br)cc3)ccc21. The predicted octanol–water partition coefficient (Wildman–Crippen LogP) is 2.79. The Morgan fingerprint density at radius 3 is 2.64 bits per heavy atom. The van der Waals surface area contributed by atoms with Gasteiger partial charge >= 0.3 is 0 Å². The molecule has 0 aliphatic carbocycles. The van der Waals surface area contributed by atoms with E-state index >= 15 is 0 Å². The zero-order valence-corrected chi connectivity index (χ0v) is 15.9. The number of hydrogen-bond acceptors (Lipinski definition) is 4. The van der Waals surface area contributed by atoms with Crippen molar-refractivity contribution in [3.63, 3.8) is 0 Å². The van der Waals surface area contributed by atoms with Crippen LogP contribution in [0.4, 0.5) is 11.4 Å². The maximum atomic E-state index is 12.5. The molecule has 1 amide bonds. The van der Waals surface area contributed by atoms with Crippen LogP contribution < -0.4 is 9.62 Å². The van der Waals surface area contributed by atoms with Gasteiger partial charge in [0.25, 0.3) is 15.9 Å². The van der Waals surface area contributed by atoms with E-state index in [0.717, 1.165) is 15.7 Å². The summed E-state index contributed by atoms with van der Waals surface area (Å²) >= 11 is 3.28. The fraction of sp³-hybridized carbons (Fsp3) is 0.235. The van der Waals surface area contributed by atoms with Gasteiger partial charge in [0.1, 0.15) is 6.61 Å². The molecule has 0 spiro atoms. The van der Waals surface area contributed by atoms with Crippen LogP contribution in [0.3, 0.4) is 0 Å². The standard InChI is InChI=1S/C17H17BrN2O4S/c1-24-11-17(21)20-9-8-12-10-14(4-7-16(12)20)19-25(22,23)15-5-2-13(18)3-6-15/h2-7,10,19H,8-9,11H2,1H3. The Morgan fingerprint density at radius 2 is 1.96 bits per heavy atom. The number of fused-ring (bicyclic) bond motifs is 1. The quantitative estimate of drug-likeness (QED) is 0.800. The first-order chi connectivity index (χ1) is 11.9. The number of nitrogens with zero attached hydrogens (tertiary/aromatic N) is 1. The third kappa shape index (κ3) is 3.86. The summed E-state index contributed by atoms with van der Waals surface area (Å²) in [5.74, 6) is -0.107. The molecule has 0 saturated carbocycles. The van der Waals surface area contributed by atoms with Crippen molar-refractivity contribution in [3.05, 3.63) is 52.5 Å². The first-order valence-corrected chi connectivity index (χ1v) is 9.89. The average molecular weight is 425 g/mol. The highest BCUT2D eigenvalue weighted by atomic mass is 79.9. The smallest absolute Gasteiger partial charge is 0.261 e. The molecule has 0 radical (unpaired) electrons. The third-order valence-corrected chi connectivity index (χ3v) is 5.85. The zero-order valence-electron chi connectivity index (χ0n) is 13.5. The largest absolute Gasteiger partial charge is 0.375 e. The van der Waals surface area contributed by atoms with Gasteiger partial charge in [-0.05, 0) is 54.4 Å². The van der Waals surface area contributed by atoms with E-state index in [4.69, 9.17) is 4.74 Å². The predicted molar refractivity (Wildman–Crippen MR) is 99.3 cm³/mol. The summed E-state index contributed by atoms with van der Waals surface area (Å²) in [7, 11) is -2.18. The van der Waals surface area contributed by atoms with E-state index in [2.05, 4.69) is 20.7 Å². The molecule has 3 rings (SSSR count). The van der Waals surface area contributed by atoms with Crippen LogP contribution in [-0.2, 0) is 26.0 Å². The number of anilines is 2. The van der Waals surface area contributed by atoms with Crippen molar-refractivity contribution in [3.8, 4) is 0 Å². The van der Waals surface area contributed by atoms with Gasteiger partial charge in [-0.15, -0.1) is 0 Å². The van der Waals surface area contributed by atoms with Crippen LogP contribution in [-0.4, -0.2) is 34.6 Å². The van der Waals surface area contributed by atoms with Gasteiger partial charge < -0.3 is 9.64 Å². The topological polar surface area (TPSA) is 75.7 Å². The first kappa shape index (κ1) is 17.9. The minimum absolute atomic E-state index is 0.0252. The lowest BCUT2D eigenvalue weighted by molar-refractivity contribution is -0.122. The summed E-state index contributed by atoms with van der Waals surface area (Å²) in [5, 5.41) is 0. The Morgan fingerprint density at radius 1 is 1.24 bits per heavy atom. The Kier molecular flexibility index (Phi) is 5.12. The summed E-state index contributed by atoms with van der Waals surface area (Å²) in [4.78, 5) is 13.9. The van der Waals surface area contributed by atoms with E-state index < -0.39 is 10.0 Å². The lowest BCUT2D eigenvalue weighted by atomic mass is 10.1. The monoisotopic (exact) mass is 424 g/mol. The summed E-state index contributed by atoms with van der Waals surface area (Å²) in [5.41, 5.74) is 2.21. The summed E-state index contributed by atoms with van der Waals surface area (Å²) in [6, 6.07) is 11.6. The molecule has 2 aromatic carbocycles. The van der Waals surface area contributed by atoms with Crippen molar-refractivity contribution in [1.29, 1.82) is 0 Å². The summed E-state index contributed by atoms with van der Waals surface area (Å²) in [6.45, 7) is 0.595. The van der Waals surface area contributed by atoms with Crippen LogP contribution in [0.25, 0.3) is 0 Å². The van der Waals surface area contributed by atoms with Gasteiger partial charge in [0.05, 0.1) is 4.90 Å². The highest BCUT2D eigenvalue weighted by Crippen LogP contribution is 2.31. The van der Waals surface area contributed by atoms with Gasteiger partial charge in [-0.1, -0.05) is 15.9 Å². The van der Waals surface area contributed by atoms with Crippen molar-refractivity contribution < 1.29 is 17.9 Å². The van der Waals surface area contributed by atoms with Crippen molar-refractivity contribution in [2.75, 3.05) is 29.9 Å². The van der Waals surface area contributed by atoms with E-state index in [-0.39, 0.29) is 17.4 Å². The maximum absolute atomic E-state index is 12.5. The molecule has 0 unspecified atom stereocenters. The number of halogens is 1. The Bertz CT molecular complexity index is 897. The van der Waals surface area contributed by atoms with E-state index in [1.54, 1.807) is 35.2 Å². The van der Waals surface area contributed by atoms with Crippen LogP contribution >= 0.6 is 15.9 Å². The fourth-order valence-corrected chi connectivity index (χ4v) is 4.07. The minimum atomic E-state index is -3.66. The molecule has 0 atom stereocenters. The first-order valence-electron chi connectivity index (χ1n) is 7.61. The molecular weight excluding hydrogens is 408 g/mol. The molecule has 0 aromatic heterocycles. The van der Waals surface area contributed by atoms with Gasteiger partial charge in [-0.25, -0.2) is 8.42 Å². The van der Waals surface area contributed by atoms with Gasteiger partial charge in [-0.2, -0.15) is 0 Å². The lowest BCUT2D eigenvalue weighted by Crippen LogP contribution is -2.31. The number of rotatable bonds is 5. The van der Waals surface area contributed by atoms with Crippen molar-refractivity contribution >= 4 is 43.2 Å². The second kappa shape index (κ2) is 7.15. The number of sulfonamides is 1. The molecule has 25 heavy (non-hydrogen) atoms. The molecular formula is C17H17BrN2O4S. The second-order valence-corrected chi connectivity index (χ2v) is 8.23. The highest BCUT2D eigenvalue weighted by Gasteiger charge is 2.25. The Labute approximate surface area is 155 Å². The number of carbonyl (C=O) groups excluding carboxylic acids is 1. The zero-order chi connectivity index (χ0) is 18.0. The van der Waals surface area contributed by atoms with E-state index in [1.807, 2.05) is 0 Å². The molecule has 0 bridgehead atoms. The van der Waals surface area contributed by atoms with Gasteiger partial charge in [0, 0.05) is 29.5 Å². The molecule has 6 nitrogen and oxygen atoms in total. The fourth-order valence-electron chi connectivity index (χ4n) is 2.75. The highest BCUT2D eigenvalue weighted by molar-refractivity contribution is 9.10. The van der Waals surface area contributed by atoms with E-state index in [1.165, 1.54) is 19.2 Å². The average Bonchev–Trinajstić information content (AvgIpc) is 2.98.